The molecule has 1 N–H and O–H groups in total. The number of aromatic nitrogens is 1. The zero-order chi connectivity index (χ0) is 19.1. The molecule has 1 aromatic heterocycles. The highest BCUT2D eigenvalue weighted by Crippen LogP contribution is 2.38. The Labute approximate surface area is 171 Å². The number of hydrogen-bond acceptors (Lipinski definition) is 3. The van der Waals surface area contributed by atoms with E-state index in [0.29, 0.717) is 11.4 Å². The molecule has 1 amide bonds. The molecule has 0 radical (unpaired) electrons. The highest BCUT2D eigenvalue weighted by atomic mass is 79.9. The van der Waals surface area contributed by atoms with Crippen molar-refractivity contribution in [2.24, 2.45) is 0 Å². The van der Waals surface area contributed by atoms with Gasteiger partial charge in [-0.1, -0.05) is 70.5 Å². The highest BCUT2D eigenvalue weighted by molar-refractivity contribution is 9.10. The Morgan fingerprint density at radius 3 is 2.43 bits per heavy atom. The van der Waals surface area contributed by atoms with Crippen molar-refractivity contribution in [1.82, 2.24) is 4.98 Å². The summed E-state index contributed by atoms with van der Waals surface area (Å²) in [7, 11) is 0. The molecule has 4 aromatic rings. The van der Waals surface area contributed by atoms with E-state index in [1.807, 2.05) is 84.9 Å². The van der Waals surface area contributed by atoms with Gasteiger partial charge in [0.05, 0.1) is 11.1 Å². The minimum Gasteiger partial charge on any atom is -0.345 e. The molecule has 0 saturated heterocycles. The molecule has 0 spiro atoms. The summed E-state index contributed by atoms with van der Waals surface area (Å²) in [5, 5.41) is 4.44. The van der Waals surface area contributed by atoms with Crippen molar-refractivity contribution in [3.05, 3.63) is 101 Å². The van der Waals surface area contributed by atoms with Gasteiger partial charge in [0, 0.05) is 21.1 Å². The Morgan fingerprint density at radius 2 is 1.61 bits per heavy atom. The summed E-state index contributed by atoms with van der Waals surface area (Å²) < 4.78 is 0.936. The quantitative estimate of drug-likeness (QED) is 0.439. The van der Waals surface area contributed by atoms with Crippen LogP contribution in [0.25, 0.3) is 10.9 Å². The summed E-state index contributed by atoms with van der Waals surface area (Å²) in [4.78, 5) is 20.1. The van der Waals surface area contributed by atoms with Crippen LogP contribution in [0.5, 0.6) is 0 Å². The third-order valence-electron chi connectivity index (χ3n) is 4.94. The number of fused-ring (bicyclic) bond motifs is 2. The molecule has 0 aliphatic carbocycles. The maximum atomic E-state index is 13.6. The molecule has 0 fully saturated rings. The van der Waals surface area contributed by atoms with E-state index in [0.717, 1.165) is 26.6 Å². The van der Waals surface area contributed by atoms with Crippen LogP contribution in [-0.4, -0.2) is 10.9 Å². The number of halogens is 1. The first-order valence-corrected chi connectivity index (χ1v) is 9.81. The van der Waals surface area contributed by atoms with Crippen LogP contribution in [0.1, 0.15) is 22.1 Å². The second kappa shape index (κ2) is 6.77. The van der Waals surface area contributed by atoms with Crippen LogP contribution in [0.3, 0.4) is 0 Å². The van der Waals surface area contributed by atoms with Gasteiger partial charge in [0.25, 0.3) is 5.91 Å². The van der Waals surface area contributed by atoms with E-state index in [9.17, 15) is 4.79 Å². The van der Waals surface area contributed by atoms with Gasteiger partial charge >= 0.3 is 0 Å². The van der Waals surface area contributed by atoms with Crippen molar-refractivity contribution in [3.8, 4) is 0 Å². The van der Waals surface area contributed by atoms with Gasteiger partial charge in [0.1, 0.15) is 12.0 Å². The topological polar surface area (TPSA) is 45.2 Å². The van der Waals surface area contributed by atoms with Crippen LogP contribution < -0.4 is 10.2 Å². The number of carbonyl (C=O) groups excluding carboxylic acids is 1. The average Bonchev–Trinajstić information content (AvgIpc) is 2.73. The van der Waals surface area contributed by atoms with Gasteiger partial charge in [-0.2, -0.15) is 0 Å². The average molecular weight is 430 g/mol. The zero-order valence-electron chi connectivity index (χ0n) is 14.8. The molecular weight excluding hydrogens is 414 g/mol. The first-order chi connectivity index (χ1) is 13.7. The van der Waals surface area contributed by atoms with Gasteiger partial charge in [0.2, 0.25) is 0 Å². The van der Waals surface area contributed by atoms with Gasteiger partial charge < -0.3 is 5.32 Å². The van der Waals surface area contributed by atoms with Gasteiger partial charge in [0.15, 0.2) is 0 Å². The lowest BCUT2D eigenvalue weighted by Crippen LogP contribution is -2.43. The summed E-state index contributed by atoms with van der Waals surface area (Å²) in [6.07, 6.45) is -0.369. The first-order valence-electron chi connectivity index (χ1n) is 9.02. The molecule has 1 atom stereocenters. The minimum absolute atomic E-state index is 0.0704. The molecule has 4 nitrogen and oxygen atoms in total. The standard InChI is InChI=1S/C23H16BrN3O/c24-19-12-6-5-11-17(19)22-26-21-18(14-15-8-4-7-13-20(15)25-21)23(28)27(22)16-9-2-1-3-10-16/h1-14,22H,(H,25,26). The van der Waals surface area contributed by atoms with Crippen LogP contribution in [0.15, 0.2) is 89.4 Å². The number of para-hydroxylation sites is 2. The molecular formula is C23H16BrN3O. The molecule has 0 saturated carbocycles. The van der Waals surface area contributed by atoms with Crippen molar-refractivity contribution >= 4 is 44.2 Å². The Kier molecular flexibility index (Phi) is 4.10. The van der Waals surface area contributed by atoms with E-state index in [2.05, 4.69) is 21.2 Å². The predicted molar refractivity (Wildman–Crippen MR) is 116 cm³/mol. The summed E-state index contributed by atoms with van der Waals surface area (Å²) in [6.45, 7) is 0. The van der Waals surface area contributed by atoms with Crippen molar-refractivity contribution in [3.63, 3.8) is 0 Å². The lowest BCUT2D eigenvalue weighted by molar-refractivity contribution is 0.0974. The summed E-state index contributed by atoms with van der Waals surface area (Å²) in [5.41, 5.74) is 3.24. The fraction of sp³-hybridized carbons (Fsp3) is 0.0435. The fourth-order valence-corrected chi connectivity index (χ4v) is 4.10. The Bertz CT molecular complexity index is 1190. The van der Waals surface area contributed by atoms with Crippen LogP contribution >= 0.6 is 15.9 Å². The van der Waals surface area contributed by atoms with Gasteiger partial charge in [-0.05, 0) is 30.3 Å². The van der Waals surface area contributed by atoms with E-state index in [-0.39, 0.29) is 12.1 Å². The SMILES string of the molecule is O=C1c2cc3ccccc3nc2NC(c2ccccc2Br)N1c1ccccc1. The third kappa shape index (κ3) is 2.75. The number of anilines is 2. The Morgan fingerprint density at radius 1 is 0.893 bits per heavy atom. The number of pyridine rings is 1. The van der Waals surface area contributed by atoms with E-state index >= 15 is 0 Å². The Hall–Kier alpha value is -3.18. The van der Waals surface area contributed by atoms with Crippen molar-refractivity contribution in [1.29, 1.82) is 0 Å². The normalized spacial score (nSPS) is 16.0. The van der Waals surface area contributed by atoms with E-state index < -0.39 is 0 Å². The number of rotatable bonds is 2. The monoisotopic (exact) mass is 429 g/mol. The summed E-state index contributed by atoms with van der Waals surface area (Å²) >= 11 is 3.63. The van der Waals surface area contributed by atoms with Gasteiger partial charge in [-0.25, -0.2) is 4.98 Å². The van der Waals surface area contributed by atoms with Crippen molar-refractivity contribution < 1.29 is 4.79 Å². The molecule has 3 aromatic carbocycles. The van der Waals surface area contributed by atoms with Crippen LogP contribution in [0.4, 0.5) is 11.5 Å². The second-order valence-corrected chi connectivity index (χ2v) is 7.51. The smallest absolute Gasteiger partial charge is 0.264 e. The number of hydrogen-bond donors (Lipinski definition) is 1. The third-order valence-corrected chi connectivity index (χ3v) is 5.66. The van der Waals surface area contributed by atoms with E-state index in [1.54, 1.807) is 4.90 Å². The molecule has 5 rings (SSSR count). The molecule has 28 heavy (non-hydrogen) atoms. The maximum absolute atomic E-state index is 13.6. The molecule has 136 valence electrons. The number of benzene rings is 3. The number of amides is 1. The largest absolute Gasteiger partial charge is 0.345 e. The maximum Gasteiger partial charge on any atom is 0.264 e. The summed E-state index contributed by atoms with van der Waals surface area (Å²) in [6, 6.07) is 27.4. The molecule has 1 aliphatic rings. The van der Waals surface area contributed by atoms with Crippen molar-refractivity contribution in [2.75, 3.05) is 10.2 Å². The van der Waals surface area contributed by atoms with Gasteiger partial charge in [-0.3, -0.25) is 9.69 Å². The predicted octanol–water partition coefficient (Wildman–Crippen LogP) is 5.77. The highest BCUT2D eigenvalue weighted by Gasteiger charge is 2.36. The van der Waals surface area contributed by atoms with Crippen LogP contribution in [0.2, 0.25) is 0 Å². The lowest BCUT2D eigenvalue weighted by atomic mass is 10.0. The van der Waals surface area contributed by atoms with E-state index in [4.69, 9.17) is 4.98 Å². The number of nitrogens with zero attached hydrogens (tertiary/aromatic N) is 2. The summed E-state index contributed by atoms with van der Waals surface area (Å²) in [5.74, 6) is 0.538. The lowest BCUT2D eigenvalue weighted by Gasteiger charge is -2.38. The second-order valence-electron chi connectivity index (χ2n) is 6.66. The van der Waals surface area contributed by atoms with Crippen LogP contribution in [0, 0.1) is 0 Å². The molecule has 1 aliphatic heterocycles. The van der Waals surface area contributed by atoms with E-state index in [1.165, 1.54) is 0 Å². The van der Waals surface area contributed by atoms with Crippen LogP contribution in [-0.2, 0) is 0 Å². The zero-order valence-corrected chi connectivity index (χ0v) is 16.4. The molecule has 0 bridgehead atoms. The molecule has 1 unspecified atom stereocenters. The molecule has 5 heteroatoms. The fourth-order valence-electron chi connectivity index (χ4n) is 3.60. The number of carbonyl (C=O) groups is 1. The first kappa shape index (κ1) is 17.0. The minimum atomic E-state index is -0.369. The van der Waals surface area contributed by atoms with Gasteiger partial charge in [-0.15, -0.1) is 0 Å². The number of nitrogens with one attached hydrogen (secondary N) is 1. The van der Waals surface area contributed by atoms with Crippen molar-refractivity contribution in [2.45, 2.75) is 6.17 Å². The Balaban J connectivity index is 1.73. The molecule has 2 heterocycles.